The van der Waals surface area contributed by atoms with Gasteiger partial charge in [-0.05, 0) is 23.3 Å². The second-order valence-electron chi connectivity index (χ2n) is 3.78. The first kappa shape index (κ1) is 10.7. The SMILES string of the molecule is CCCNC(=O)c1cccc2ccccc12. The summed E-state index contributed by atoms with van der Waals surface area (Å²) < 4.78 is 0. The Labute approximate surface area is 95.3 Å². The topological polar surface area (TPSA) is 29.1 Å². The van der Waals surface area contributed by atoms with E-state index in [4.69, 9.17) is 0 Å². The average molecular weight is 213 g/mol. The predicted molar refractivity (Wildman–Crippen MR) is 66.6 cm³/mol. The van der Waals surface area contributed by atoms with Gasteiger partial charge in [-0.2, -0.15) is 0 Å². The fraction of sp³-hybridized carbons (Fsp3) is 0.214. The number of hydrogen-bond donors (Lipinski definition) is 1. The Morgan fingerprint density at radius 3 is 2.69 bits per heavy atom. The fourth-order valence-electron chi connectivity index (χ4n) is 1.76. The van der Waals surface area contributed by atoms with Crippen molar-refractivity contribution >= 4 is 16.7 Å². The van der Waals surface area contributed by atoms with Gasteiger partial charge in [0.1, 0.15) is 0 Å². The summed E-state index contributed by atoms with van der Waals surface area (Å²) >= 11 is 0. The third kappa shape index (κ3) is 2.06. The molecule has 0 saturated heterocycles. The van der Waals surface area contributed by atoms with Crippen molar-refractivity contribution in [3.63, 3.8) is 0 Å². The van der Waals surface area contributed by atoms with Crippen LogP contribution in [0.3, 0.4) is 0 Å². The van der Waals surface area contributed by atoms with E-state index in [1.807, 2.05) is 49.4 Å². The van der Waals surface area contributed by atoms with E-state index >= 15 is 0 Å². The monoisotopic (exact) mass is 213 g/mol. The lowest BCUT2D eigenvalue weighted by Crippen LogP contribution is -2.24. The molecule has 0 aliphatic carbocycles. The molecule has 82 valence electrons. The molecule has 2 rings (SSSR count). The first-order chi connectivity index (χ1) is 7.83. The van der Waals surface area contributed by atoms with Gasteiger partial charge in [0, 0.05) is 12.1 Å². The van der Waals surface area contributed by atoms with Crippen LogP contribution in [0.5, 0.6) is 0 Å². The van der Waals surface area contributed by atoms with Crippen molar-refractivity contribution in [2.45, 2.75) is 13.3 Å². The van der Waals surface area contributed by atoms with Crippen molar-refractivity contribution in [2.75, 3.05) is 6.54 Å². The van der Waals surface area contributed by atoms with Gasteiger partial charge in [-0.1, -0.05) is 43.3 Å². The Morgan fingerprint density at radius 1 is 1.12 bits per heavy atom. The molecule has 0 aromatic heterocycles. The molecule has 2 aromatic rings. The first-order valence-corrected chi connectivity index (χ1v) is 5.59. The van der Waals surface area contributed by atoms with Crippen molar-refractivity contribution in [1.29, 1.82) is 0 Å². The van der Waals surface area contributed by atoms with Crippen LogP contribution in [0, 0.1) is 0 Å². The molecule has 1 N–H and O–H groups in total. The molecule has 0 heterocycles. The lowest BCUT2D eigenvalue weighted by atomic mass is 10.0. The highest BCUT2D eigenvalue weighted by Gasteiger charge is 2.07. The summed E-state index contributed by atoms with van der Waals surface area (Å²) in [4.78, 5) is 11.9. The lowest BCUT2D eigenvalue weighted by Gasteiger charge is -2.06. The van der Waals surface area contributed by atoms with Crippen molar-refractivity contribution < 1.29 is 4.79 Å². The number of rotatable bonds is 3. The van der Waals surface area contributed by atoms with Crippen molar-refractivity contribution in [3.8, 4) is 0 Å². The van der Waals surface area contributed by atoms with E-state index < -0.39 is 0 Å². The highest BCUT2D eigenvalue weighted by molar-refractivity contribution is 6.06. The summed E-state index contributed by atoms with van der Waals surface area (Å²) in [5.74, 6) is 0.0126. The second kappa shape index (κ2) is 4.79. The van der Waals surface area contributed by atoms with Crippen LogP contribution < -0.4 is 5.32 Å². The van der Waals surface area contributed by atoms with Gasteiger partial charge in [0.15, 0.2) is 0 Å². The van der Waals surface area contributed by atoms with Crippen LogP contribution in [0.15, 0.2) is 42.5 Å². The summed E-state index contributed by atoms with van der Waals surface area (Å²) in [6, 6.07) is 13.7. The van der Waals surface area contributed by atoms with Crippen LogP contribution in [0.25, 0.3) is 10.8 Å². The zero-order chi connectivity index (χ0) is 11.4. The molecule has 2 aromatic carbocycles. The summed E-state index contributed by atoms with van der Waals surface area (Å²) in [6.07, 6.45) is 0.955. The molecule has 16 heavy (non-hydrogen) atoms. The quantitative estimate of drug-likeness (QED) is 0.834. The van der Waals surface area contributed by atoms with Crippen molar-refractivity contribution in [3.05, 3.63) is 48.0 Å². The molecule has 0 aliphatic heterocycles. The minimum absolute atomic E-state index is 0.0126. The van der Waals surface area contributed by atoms with Gasteiger partial charge in [-0.15, -0.1) is 0 Å². The van der Waals surface area contributed by atoms with Crippen molar-refractivity contribution in [1.82, 2.24) is 5.32 Å². The van der Waals surface area contributed by atoms with Gasteiger partial charge in [-0.25, -0.2) is 0 Å². The zero-order valence-electron chi connectivity index (χ0n) is 9.36. The Hall–Kier alpha value is -1.83. The average Bonchev–Trinajstić information content (AvgIpc) is 2.35. The molecule has 2 heteroatoms. The van der Waals surface area contributed by atoms with Gasteiger partial charge in [-0.3, -0.25) is 4.79 Å². The van der Waals surface area contributed by atoms with Crippen LogP contribution in [-0.2, 0) is 0 Å². The Morgan fingerprint density at radius 2 is 1.88 bits per heavy atom. The highest BCUT2D eigenvalue weighted by atomic mass is 16.1. The van der Waals surface area contributed by atoms with Crippen LogP contribution in [0.1, 0.15) is 23.7 Å². The van der Waals surface area contributed by atoms with E-state index in [1.165, 1.54) is 0 Å². The van der Waals surface area contributed by atoms with Gasteiger partial charge >= 0.3 is 0 Å². The number of amides is 1. The largest absolute Gasteiger partial charge is 0.352 e. The van der Waals surface area contributed by atoms with Crippen LogP contribution in [0.2, 0.25) is 0 Å². The van der Waals surface area contributed by atoms with Gasteiger partial charge in [0.05, 0.1) is 0 Å². The molecule has 0 unspecified atom stereocenters. The van der Waals surface area contributed by atoms with Crippen LogP contribution in [-0.4, -0.2) is 12.5 Å². The van der Waals surface area contributed by atoms with E-state index in [2.05, 4.69) is 5.32 Å². The first-order valence-electron chi connectivity index (χ1n) is 5.59. The number of benzene rings is 2. The maximum absolute atomic E-state index is 11.9. The molecule has 0 saturated carbocycles. The summed E-state index contributed by atoms with van der Waals surface area (Å²) in [5.41, 5.74) is 0.756. The lowest BCUT2D eigenvalue weighted by molar-refractivity contribution is 0.0955. The summed E-state index contributed by atoms with van der Waals surface area (Å²) in [6.45, 7) is 2.77. The molecule has 0 spiro atoms. The van der Waals surface area contributed by atoms with E-state index in [0.717, 1.165) is 29.3 Å². The van der Waals surface area contributed by atoms with Crippen LogP contribution >= 0.6 is 0 Å². The minimum Gasteiger partial charge on any atom is -0.352 e. The normalized spacial score (nSPS) is 10.3. The molecule has 0 bridgehead atoms. The fourth-order valence-corrected chi connectivity index (χ4v) is 1.76. The number of carbonyl (C=O) groups excluding carboxylic acids is 1. The maximum atomic E-state index is 11.9. The standard InChI is InChI=1S/C14H15NO/c1-2-10-15-14(16)13-9-5-7-11-6-3-4-8-12(11)13/h3-9H,2,10H2,1H3,(H,15,16). The third-order valence-corrected chi connectivity index (χ3v) is 2.57. The smallest absolute Gasteiger partial charge is 0.251 e. The van der Waals surface area contributed by atoms with Gasteiger partial charge in [0.25, 0.3) is 5.91 Å². The molecular formula is C14H15NO. The van der Waals surface area contributed by atoms with E-state index in [9.17, 15) is 4.79 Å². The predicted octanol–water partition coefficient (Wildman–Crippen LogP) is 2.98. The third-order valence-electron chi connectivity index (χ3n) is 2.57. The number of carbonyl (C=O) groups is 1. The molecule has 0 fully saturated rings. The minimum atomic E-state index is 0.0126. The molecule has 2 nitrogen and oxygen atoms in total. The Kier molecular flexibility index (Phi) is 3.20. The summed E-state index contributed by atoms with van der Waals surface area (Å²) in [7, 11) is 0. The summed E-state index contributed by atoms with van der Waals surface area (Å²) in [5, 5.41) is 5.02. The number of hydrogen-bond acceptors (Lipinski definition) is 1. The Balaban J connectivity index is 2.40. The zero-order valence-corrected chi connectivity index (χ0v) is 9.36. The second-order valence-corrected chi connectivity index (χ2v) is 3.78. The molecular weight excluding hydrogens is 198 g/mol. The van der Waals surface area contributed by atoms with Crippen LogP contribution in [0.4, 0.5) is 0 Å². The Bertz CT molecular complexity index is 500. The van der Waals surface area contributed by atoms with Gasteiger partial charge in [0.2, 0.25) is 0 Å². The molecule has 0 aliphatic rings. The molecule has 0 radical (unpaired) electrons. The van der Waals surface area contributed by atoms with E-state index in [-0.39, 0.29) is 5.91 Å². The van der Waals surface area contributed by atoms with E-state index in [0.29, 0.717) is 0 Å². The maximum Gasteiger partial charge on any atom is 0.251 e. The highest BCUT2D eigenvalue weighted by Crippen LogP contribution is 2.18. The number of nitrogens with one attached hydrogen (secondary N) is 1. The molecule has 0 atom stereocenters. The van der Waals surface area contributed by atoms with Gasteiger partial charge < -0.3 is 5.32 Å². The van der Waals surface area contributed by atoms with E-state index in [1.54, 1.807) is 0 Å². The number of fused-ring (bicyclic) bond motifs is 1. The molecule has 1 amide bonds. The van der Waals surface area contributed by atoms with Crippen molar-refractivity contribution in [2.24, 2.45) is 0 Å².